The Hall–Kier alpha value is -4.11. The average molecular weight is 602 g/mol. The van der Waals surface area contributed by atoms with E-state index in [4.69, 9.17) is 0 Å². The minimum Gasteiger partial charge on any atom is -0.870 e. The third kappa shape index (κ3) is 8.23. The Morgan fingerprint density at radius 2 is 1.55 bits per heavy atom. The third-order valence-electron chi connectivity index (χ3n) is 6.50. The molecule has 0 fully saturated rings. The van der Waals surface area contributed by atoms with Crippen LogP contribution in [0.15, 0.2) is 90.7 Å². The monoisotopic (exact) mass is 601 g/mol. The SMILES string of the molecule is CC(C)(C)c1cc(/C=N/NC(=O)c2cccnc2)c(O)c(C(C)(C)C)c1.[OH-].[V+4].c1cnc2c(c1)ccc1ccncc12. The summed E-state index contributed by atoms with van der Waals surface area (Å²) in [4.78, 5) is 24.4. The van der Waals surface area contributed by atoms with Crippen LogP contribution in [0.3, 0.4) is 0 Å². The van der Waals surface area contributed by atoms with Crippen molar-refractivity contribution in [1.82, 2.24) is 20.4 Å². The molecule has 3 N–H and O–H groups in total. The number of carbonyl (C=O) groups excluding carboxylic acids is 1. The number of hydrazone groups is 1. The first-order valence-electron chi connectivity index (χ1n) is 13.1. The van der Waals surface area contributed by atoms with Crippen LogP contribution in [0.4, 0.5) is 0 Å². The van der Waals surface area contributed by atoms with Crippen LogP contribution in [0.5, 0.6) is 5.75 Å². The van der Waals surface area contributed by atoms with Crippen LogP contribution in [-0.4, -0.2) is 37.7 Å². The summed E-state index contributed by atoms with van der Waals surface area (Å²) >= 11 is 0. The van der Waals surface area contributed by atoms with Gasteiger partial charge in [-0.2, -0.15) is 5.10 Å². The first-order chi connectivity index (χ1) is 18.9. The van der Waals surface area contributed by atoms with Gasteiger partial charge in [-0.05, 0) is 52.1 Å². The molecular formula is C33H36N5O3V+3. The second-order valence-electron chi connectivity index (χ2n) is 11.6. The van der Waals surface area contributed by atoms with E-state index < -0.39 is 0 Å². The minimum atomic E-state index is -0.350. The summed E-state index contributed by atoms with van der Waals surface area (Å²) in [6.07, 6.45) is 10.0. The number of pyridine rings is 3. The molecule has 42 heavy (non-hydrogen) atoms. The van der Waals surface area contributed by atoms with E-state index in [9.17, 15) is 9.90 Å². The smallest absolute Gasteiger partial charge is 0.870 e. The molecule has 0 aliphatic heterocycles. The largest absolute Gasteiger partial charge is 4.00 e. The molecular weight excluding hydrogens is 565 g/mol. The molecule has 213 valence electrons. The van der Waals surface area contributed by atoms with Crippen LogP contribution < -0.4 is 5.43 Å². The predicted octanol–water partition coefficient (Wildman–Crippen LogP) is 6.75. The van der Waals surface area contributed by atoms with Crippen LogP contribution in [0.25, 0.3) is 21.7 Å². The number of amides is 1. The second-order valence-corrected chi connectivity index (χ2v) is 11.6. The quantitative estimate of drug-likeness (QED) is 0.134. The van der Waals surface area contributed by atoms with Crippen molar-refractivity contribution in [3.8, 4) is 5.75 Å². The Kier molecular flexibility index (Phi) is 11.5. The fraction of sp³-hybridized carbons (Fsp3) is 0.242. The first kappa shape index (κ1) is 34.1. The van der Waals surface area contributed by atoms with Gasteiger partial charge in [0.1, 0.15) is 5.75 Å². The second kappa shape index (κ2) is 14.2. The Morgan fingerprint density at radius 1 is 0.857 bits per heavy atom. The molecule has 2 aromatic carbocycles. The van der Waals surface area contributed by atoms with Gasteiger partial charge < -0.3 is 10.6 Å². The van der Waals surface area contributed by atoms with Gasteiger partial charge in [-0.15, -0.1) is 0 Å². The van der Waals surface area contributed by atoms with Gasteiger partial charge in [-0.3, -0.25) is 19.7 Å². The Bertz CT molecular complexity index is 1620. The Labute approximate surface area is 258 Å². The molecule has 0 unspecified atom stereocenters. The number of rotatable bonds is 3. The number of phenolic OH excluding ortho intramolecular Hbond substituents is 1. The number of aromatic hydroxyl groups is 1. The van der Waals surface area contributed by atoms with Gasteiger partial charge in [0, 0.05) is 52.9 Å². The number of nitrogens with one attached hydrogen (secondary N) is 1. The van der Waals surface area contributed by atoms with E-state index in [0.717, 1.165) is 27.4 Å². The van der Waals surface area contributed by atoms with Crippen molar-refractivity contribution in [1.29, 1.82) is 0 Å². The Morgan fingerprint density at radius 3 is 2.21 bits per heavy atom. The van der Waals surface area contributed by atoms with Crippen molar-refractivity contribution in [2.45, 2.75) is 52.4 Å². The number of fused-ring (bicyclic) bond motifs is 3. The molecule has 0 saturated heterocycles. The summed E-state index contributed by atoms with van der Waals surface area (Å²) < 4.78 is 0. The predicted molar refractivity (Wildman–Crippen MR) is 164 cm³/mol. The number of carbonyl (C=O) groups is 1. The molecule has 0 aliphatic carbocycles. The van der Waals surface area contributed by atoms with Gasteiger partial charge >= 0.3 is 18.6 Å². The summed E-state index contributed by atoms with van der Waals surface area (Å²) in [5, 5.41) is 18.2. The number of nitrogens with zero attached hydrogens (tertiary/aromatic N) is 4. The minimum absolute atomic E-state index is 0. The van der Waals surface area contributed by atoms with Crippen molar-refractivity contribution in [2.24, 2.45) is 5.10 Å². The number of hydrogen-bond donors (Lipinski definition) is 2. The molecule has 3 heterocycles. The number of hydrogen-bond acceptors (Lipinski definition) is 7. The van der Waals surface area contributed by atoms with Crippen molar-refractivity contribution in [2.75, 3.05) is 0 Å². The van der Waals surface area contributed by atoms with E-state index in [0.29, 0.717) is 11.1 Å². The van der Waals surface area contributed by atoms with Gasteiger partial charge in [0.2, 0.25) is 0 Å². The zero-order valence-electron chi connectivity index (χ0n) is 24.7. The maximum atomic E-state index is 12.0. The molecule has 0 saturated carbocycles. The molecule has 0 spiro atoms. The summed E-state index contributed by atoms with van der Waals surface area (Å²) in [6, 6.07) is 17.5. The van der Waals surface area contributed by atoms with Gasteiger partial charge in [0.25, 0.3) is 5.91 Å². The molecule has 1 amide bonds. The van der Waals surface area contributed by atoms with E-state index in [1.807, 2.05) is 36.7 Å². The third-order valence-corrected chi connectivity index (χ3v) is 6.50. The van der Waals surface area contributed by atoms with Crippen molar-refractivity contribution < 1.29 is 33.9 Å². The zero-order valence-corrected chi connectivity index (χ0v) is 26.1. The maximum absolute atomic E-state index is 12.0. The summed E-state index contributed by atoms with van der Waals surface area (Å²) in [6.45, 7) is 12.5. The molecule has 0 aliphatic rings. The van der Waals surface area contributed by atoms with Crippen LogP contribution in [0.2, 0.25) is 0 Å². The molecule has 0 atom stereocenters. The number of aromatic nitrogens is 3. The van der Waals surface area contributed by atoms with E-state index in [2.05, 4.69) is 85.2 Å². The molecule has 8 nitrogen and oxygen atoms in total. The first-order valence-corrected chi connectivity index (χ1v) is 13.1. The van der Waals surface area contributed by atoms with Gasteiger partial charge in [-0.1, -0.05) is 65.8 Å². The van der Waals surface area contributed by atoms with Crippen LogP contribution in [0, 0.1) is 0 Å². The standard InChI is InChI=1S/C21H27N3O2.C12H8N2.H2O.V/c1-20(2,3)16-10-15(18(25)17(11-16)21(4,5)6)13-23-24-19(26)14-8-7-9-22-12-14;1-2-10-4-3-9-5-7-13-8-11(9)12(10)14-6-1;;/h7-13,25H,1-6H3,(H,24,26);1-8H;1H2;/q;;;+4/p-1/b23-13+;;;. The molecule has 5 rings (SSSR count). The summed E-state index contributed by atoms with van der Waals surface area (Å²) in [5.74, 6) is -0.165. The van der Waals surface area contributed by atoms with Gasteiger partial charge in [0.15, 0.2) is 0 Å². The van der Waals surface area contributed by atoms with Crippen LogP contribution >= 0.6 is 0 Å². The topological polar surface area (TPSA) is 130 Å². The maximum Gasteiger partial charge on any atom is 4.00 e. The van der Waals surface area contributed by atoms with E-state index in [1.165, 1.54) is 17.8 Å². The fourth-order valence-corrected chi connectivity index (χ4v) is 4.19. The molecule has 9 heteroatoms. The number of phenols is 1. The molecule has 5 aromatic rings. The Balaban J connectivity index is 0.000000324. The van der Waals surface area contributed by atoms with Crippen molar-refractivity contribution >= 4 is 33.8 Å². The van der Waals surface area contributed by atoms with E-state index in [1.54, 1.807) is 24.5 Å². The van der Waals surface area contributed by atoms with Crippen molar-refractivity contribution in [3.63, 3.8) is 0 Å². The van der Waals surface area contributed by atoms with E-state index >= 15 is 0 Å². The molecule has 1 radical (unpaired) electrons. The fourth-order valence-electron chi connectivity index (χ4n) is 4.19. The van der Waals surface area contributed by atoms with E-state index in [-0.39, 0.29) is 46.5 Å². The van der Waals surface area contributed by atoms with Gasteiger partial charge in [0.05, 0.1) is 17.3 Å². The number of benzene rings is 2. The zero-order chi connectivity index (χ0) is 28.9. The normalized spacial score (nSPS) is 11.3. The van der Waals surface area contributed by atoms with Crippen molar-refractivity contribution in [3.05, 3.63) is 108 Å². The summed E-state index contributed by atoms with van der Waals surface area (Å²) in [7, 11) is 0. The summed E-state index contributed by atoms with van der Waals surface area (Å²) in [5.41, 5.74) is 6.16. The van der Waals surface area contributed by atoms with Crippen LogP contribution in [0.1, 0.15) is 68.6 Å². The molecule has 3 aromatic heterocycles. The molecule has 0 bridgehead atoms. The average Bonchev–Trinajstić information content (AvgIpc) is 2.93. The van der Waals surface area contributed by atoms with Crippen LogP contribution in [-0.2, 0) is 29.4 Å². The van der Waals surface area contributed by atoms with Gasteiger partial charge in [-0.25, -0.2) is 5.43 Å².